The summed E-state index contributed by atoms with van der Waals surface area (Å²) in [5, 5.41) is 1.18. The highest BCUT2D eigenvalue weighted by atomic mass is 14.7. The molecule has 0 aliphatic carbocycles. The second-order valence-electron chi connectivity index (χ2n) is 4.65. The molecule has 2 heteroatoms. The van der Waals surface area contributed by atoms with Crippen LogP contribution in [0.4, 0.5) is 0 Å². The number of rotatable bonds is 3. The number of para-hydroxylation sites is 1. The number of benzene rings is 1. The van der Waals surface area contributed by atoms with Gasteiger partial charge in [0.05, 0.1) is 5.52 Å². The Hall–Kier alpha value is -1.41. The predicted molar refractivity (Wildman–Crippen MR) is 68.1 cm³/mol. The first-order chi connectivity index (χ1) is 7.68. The quantitative estimate of drug-likeness (QED) is 0.851. The summed E-state index contributed by atoms with van der Waals surface area (Å²) in [5.74, 6) is 0.613. The molecule has 1 aromatic heterocycles. The highest BCUT2D eigenvalue weighted by Crippen LogP contribution is 2.25. The monoisotopic (exact) mass is 214 g/mol. The van der Waals surface area contributed by atoms with Crippen molar-refractivity contribution in [3.63, 3.8) is 0 Å². The molecular formula is C14H18N2. The molecule has 0 radical (unpaired) electrons. The first-order valence-corrected chi connectivity index (χ1v) is 5.77. The average molecular weight is 214 g/mol. The van der Waals surface area contributed by atoms with Crippen molar-refractivity contribution in [1.82, 2.24) is 4.98 Å². The molecule has 84 valence electrons. The minimum absolute atomic E-state index is 0.105. The molecule has 0 fully saturated rings. The van der Waals surface area contributed by atoms with Gasteiger partial charge in [0.1, 0.15) is 0 Å². The average Bonchev–Trinajstić information content (AvgIpc) is 2.27. The summed E-state index contributed by atoms with van der Waals surface area (Å²) >= 11 is 0. The van der Waals surface area contributed by atoms with E-state index in [1.165, 1.54) is 10.9 Å². The third kappa shape index (κ3) is 2.22. The minimum atomic E-state index is 0.105. The largest absolute Gasteiger partial charge is 0.324 e. The standard InChI is InChI=1S/C14H18N2/c1-10(2)9-13(15)11-7-8-16-14-6-4-3-5-12(11)14/h3-8,10,13H,9,15H2,1-2H3/t13-/m0/s1. The summed E-state index contributed by atoms with van der Waals surface area (Å²) in [5.41, 5.74) is 8.47. The van der Waals surface area contributed by atoms with Crippen LogP contribution in [0.2, 0.25) is 0 Å². The van der Waals surface area contributed by atoms with Gasteiger partial charge < -0.3 is 5.73 Å². The van der Waals surface area contributed by atoms with E-state index in [1.54, 1.807) is 0 Å². The van der Waals surface area contributed by atoms with Crippen LogP contribution in [0.15, 0.2) is 36.5 Å². The van der Waals surface area contributed by atoms with E-state index in [-0.39, 0.29) is 6.04 Å². The van der Waals surface area contributed by atoms with Gasteiger partial charge in [-0.2, -0.15) is 0 Å². The van der Waals surface area contributed by atoms with Crippen LogP contribution in [-0.4, -0.2) is 4.98 Å². The van der Waals surface area contributed by atoms with Crippen molar-refractivity contribution >= 4 is 10.9 Å². The van der Waals surface area contributed by atoms with Gasteiger partial charge in [0.2, 0.25) is 0 Å². The molecule has 2 aromatic rings. The van der Waals surface area contributed by atoms with Crippen molar-refractivity contribution in [2.75, 3.05) is 0 Å². The summed E-state index contributed by atoms with van der Waals surface area (Å²) < 4.78 is 0. The second-order valence-corrected chi connectivity index (χ2v) is 4.65. The van der Waals surface area contributed by atoms with Gasteiger partial charge in [0.25, 0.3) is 0 Å². The smallest absolute Gasteiger partial charge is 0.0705 e. The zero-order valence-electron chi connectivity index (χ0n) is 9.85. The highest BCUT2D eigenvalue weighted by molar-refractivity contribution is 5.82. The van der Waals surface area contributed by atoms with Crippen LogP contribution in [-0.2, 0) is 0 Å². The Morgan fingerprint density at radius 2 is 1.94 bits per heavy atom. The molecule has 16 heavy (non-hydrogen) atoms. The van der Waals surface area contributed by atoms with E-state index in [4.69, 9.17) is 5.73 Å². The van der Waals surface area contributed by atoms with Crippen LogP contribution in [0, 0.1) is 5.92 Å². The molecule has 1 atom stereocenters. The molecule has 0 bridgehead atoms. The van der Waals surface area contributed by atoms with E-state index in [0.717, 1.165) is 11.9 Å². The van der Waals surface area contributed by atoms with Gasteiger partial charge in [-0.1, -0.05) is 32.0 Å². The molecule has 1 aromatic carbocycles. The van der Waals surface area contributed by atoms with Crippen molar-refractivity contribution in [2.24, 2.45) is 11.7 Å². The van der Waals surface area contributed by atoms with E-state index in [2.05, 4.69) is 24.9 Å². The normalized spacial score (nSPS) is 13.2. The van der Waals surface area contributed by atoms with Gasteiger partial charge in [0.15, 0.2) is 0 Å². The number of pyridine rings is 1. The Labute approximate surface area is 96.5 Å². The van der Waals surface area contributed by atoms with Crippen LogP contribution in [0.5, 0.6) is 0 Å². The van der Waals surface area contributed by atoms with Crippen molar-refractivity contribution in [1.29, 1.82) is 0 Å². The fourth-order valence-corrected chi connectivity index (χ4v) is 2.08. The molecule has 0 saturated carbocycles. The van der Waals surface area contributed by atoms with Crippen LogP contribution >= 0.6 is 0 Å². The fraction of sp³-hybridized carbons (Fsp3) is 0.357. The molecular weight excluding hydrogens is 196 g/mol. The van der Waals surface area contributed by atoms with Crippen molar-refractivity contribution < 1.29 is 0 Å². The number of fused-ring (bicyclic) bond motifs is 1. The van der Waals surface area contributed by atoms with E-state index >= 15 is 0 Å². The van der Waals surface area contributed by atoms with E-state index in [1.807, 2.05) is 30.5 Å². The van der Waals surface area contributed by atoms with Gasteiger partial charge in [-0.15, -0.1) is 0 Å². The molecule has 2 rings (SSSR count). The number of nitrogens with zero attached hydrogens (tertiary/aromatic N) is 1. The minimum Gasteiger partial charge on any atom is -0.324 e. The maximum atomic E-state index is 6.23. The topological polar surface area (TPSA) is 38.9 Å². The molecule has 0 aliphatic heterocycles. The van der Waals surface area contributed by atoms with Crippen LogP contribution in [0.25, 0.3) is 10.9 Å². The predicted octanol–water partition coefficient (Wildman–Crippen LogP) is 3.28. The van der Waals surface area contributed by atoms with Gasteiger partial charge in [-0.25, -0.2) is 0 Å². The third-order valence-corrected chi connectivity index (χ3v) is 2.81. The lowest BCUT2D eigenvalue weighted by Crippen LogP contribution is -2.13. The molecule has 0 unspecified atom stereocenters. The van der Waals surface area contributed by atoms with Gasteiger partial charge in [0, 0.05) is 17.6 Å². The molecule has 0 amide bonds. The maximum absolute atomic E-state index is 6.23. The Kier molecular flexibility index (Phi) is 3.20. The highest BCUT2D eigenvalue weighted by Gasteiger charge is 2.11. The summed E-state index contributed by atoms with van der Waals surface area (Å²) in [6.07, 6.45) is 2.85. The molecule has 2 N–H and O–H groups in total. The van der Waals surface area contributed by atoms with E-state index in [0.29, 0.717) is 5.92 Å². The van der Waals surface area contributed by atoms with Crippen molar-refractivity contribution in [3.05, 3.63) is 42.1 Å². The van der Waals surface area contributed by atoms with Gasteiger partial charge in [-0.05, 0) is 30.0 Å². The molecule has 0 spiro atoms. The third-order valence-electron chi connectivity index (χ3n) is 2.81. The van der Waals surface area contributed by atoms with Crippen LogP contribution in [0.1, 0.15) is 31.9 Å². The Morgan fingerprint density at radius 1 is 1.19 bits per heavy atom. The number of hydrogen-bond acceptors (Lipinski definition) is 2. The molecule has 0 saturated heterocycles. The first-order valence-electron chi connectivity index (χ1n) is 5.77. The Balaban J connectivity index is 2.44. The van der Waals surface area contributed by atoms with Crippen LogP contribution in [0.3, 0.4) is 0 Å². The lowest BCUT2D eigenvalue weighted by molar-refractivity contribution is 0.512. The summed E-state index contributed by atoms with van der Waals surface area (Å²) in [6, 6.07) is 10.3. The molecule has 0 aliphatic rings. The Morgan fingerprint density at radius 3 is 2.69 bits per heavy atom. The lowest BCUT2D eigenvalue weighted by atomic mass is 9.95. The molecule has 2 nitrogen and oxygen atoms in total. The van der Waals surface area contributed by atoms with Gasteiger partial charge >= 0.3 is 0 Å². The first kappa shape index (κ1) is 11.1. The summed E-state index contributed by atoms with van der Waals surface area (Å²) in [4.78, 5) is 4.35. The van der Waals surface area contributed by atoms with E-state index in [9.17, 15) is 0 Å². The second kappa shape index (κ2) is 4.62. The molecule has 1 heterocycles. The van der Waals surface area contributed by atoms with Crippen molar-refractivity contribution in [3.8, 4) is 0 Å². The number of nitrogens with two attached hydrogens (primary N) is 1. The summed E-state index contributed by atoms with van der Waals surface area (Å²) in [7, 11) is 0. The fourth-order valence-electron chi connectivity index (χ4n) is 2.08. The lowest BCUT2D eigenvalue weighted by Gasteiger charge is -2.16. The SMILES string of the molecule is CC(C)C[C@H](N)c1ccnc2ccccc12. The van der Waals surface area contributed by atoms with Crippen molar-refractivity contribution in [2.45, 2.75) is 26.3 Å². The zero-order chi connectivity index (χ0) is 11.5. The Bertz CT molecular complexity index is 472. The number of aromatic nitrogens is 1. The maximum Gasteiger partial charge on any atom is 0.0705 e. The number of hydrogen-bond donors (Lipinski definition) is 1. The van der Waals surface area contributed by atoms with Gasteiger partial charge in [-0.3, -0.25) is 4.98 Å². The summed E-state index contributed by atoms with van der Waals surface area (Å²) in [6.45, 7) is 4.40. The zero-order valence-corrected chi connectivity index (χ0v) is 9.85. The van der Waals surface area contributed by atoms with E-state index < -0.39 is 0 Å². The van der Waals surface area contributed by atoms with Crippen LogP contribution < -0.4 is 5.73 Å².